The van der Waals surface area contributed by atoms with E-state index in [0.29, 0.717) is 30.6 Å². The Hall–Kier alpha value is -3.94. The fourth-order valence-electron chi connectivity index (χ4n) is 4.50. The molecule has 0 spiro atoms. The zero-order valence-electron chi connectivity index (χ0n) is 23.3. The molecule has 1 atom stereocenters. The van der Waals surface area contributed by atoms with Crippen molar-refractivity contribution in [1.82, 2.24) is 4.90 Å². The molecule has 3 rings (SSSR count). The lowest BCUT2D eigenvalue weighted by molar-refractivity contribution is -0.153. The van der Waals surface area contributed by atoms with E-state index in [0.717, 1.165) is 11.1 Å². The van der Waals surface area contributed by atoms with Crippen molar-refractivity contribution in [3.63, 3.8) is 0 Å². The lowest BCUT2D eigenvalue weighted by Gasteiger charge is -2.32. The standard InChI is InChI=1S/C29H34F3N3O5/c1-19(14-21-15-22-10-11-35(20(2)36)26(22)23(16-21)17-33)34(27(37)40-28(3,4)5)12-13-38-24-8-6-7-9-25(24)39-18-29(30,31)32/h6-9,15-16,19H,10-14,18H2,1-5H3/t19-/m1/s1. The third kappa shape index (κ3) is 8.28. The molecule has 2 aromatic carbocycles. The second-order valence-electron chi connectivity index (χ2n) is 10.6. The van der Waals surface area contributed by atoms with Crippen molar-refractivity contribution in [1.29, 1.82) is 5.26 Å². The third-order valence-corrected chi connectivity index (χ3v) is 6.15. The molecule has 0 unspecified atom stereocenters. The van der Waals surface area contributed by atoms with Crippen molar-refractivity contribution in [2.75, 3.05) is 31.2 Å². The van der Waals surface area contributed by atoms with Gasteiger partial charge < -0.3 is 24.0 Å². The number of halogens is 3. The summed E-state index contributed by atoms with van der Waals surface area (Å²) in [4.78, 5) is 28.2. The molecule has 0 N–H and O–H groups in total. The maximum absolute atomic E-state index is 13.1. The molecular weight excluding hydrogens is 527 g/mol. The van der Waals surface area contributed by atoms with Crippen LogP contribution in [0.4, 0.5) is 23.7 Å². The summed E-state index contributed by atoms with van der Waals surface area (Å²) < 4.78 is 54.1. The number of ether oxygens (including phenoxy) is 3. The van der Waals surface area contributed by atoms with Crippen LogP contribution in [0.3, 0.4) is 0 Å². The maximum atomic E-state index is 13.1. The number of para-hydroxylation sites is 2. The second-order valence-corrected chi connectivity index (χ2v) is 10.6. The Morgan fingerprint density at radius 3 is 2.35 bits per heavy atom. The Kier molecular flexibility index (Phi) is 9.56. The predicted molar refractivity (Wildman–Crippen MR) is 142 cm³/mol. The van der Waals surface area contributed by atoms with Gasteiger partial charge >= 0.3 is 12.3 Å². The first-order valence-corrected chi connectivity index (χ1v) is 12.9. The van der Waals surface area contributed by atoms with Gasteiger partial charge in [0.25, 0.3) is 0 Å². The van der Waals surface area contributed by atoms with Crippen molar-refractivity contribution in [2.45, 2.75) is 65.3 Å². The SMILES string of the molecule is CC(=O)N1CCc2cc(C[C@@H](C)N(CCOc3ccccc3OCC(F)(F)F)C(=O)OC(C)(C)C)cc(C#N)c21. The number of nitrogens with zero attached hydrogens (tertiary/aromatic N) is 3. The first-order valence-electron chi connectivity index (χ1n) is 12.9. The first-order chi connectivity index (χ1) is 18.7. The minimum Gasteiger partial charge on any atom is -0.488 e. The lowest BCUT2D eigenvalue weighted by Crippen LogP contribution is -2.45. The van der Waals surface area contributed by atoms with Crippen LogP contribution in [0.15, 0.2) is 36.4 Å². The molecule has 0 aromatic heterocycles. The van der Waals surface area contributed by atoms with Crippen LogP contribution in [0.5, 0.6) is 11.5 Å². The summed E-state index contributed by atoms with van der Waals surface area (Å²) in [6.45, 7) is 7.66. The van der Waals surface area contributed by atoms with Gasteiger partial charge in [0.05, 0.1) is 17.8 Å². The average molecular weight is 562 g/mol. The monoisotopic (exact) mass is 561 g/mol. The quantitative estimate of drug-likeness (QED) is 0.393. The Balaban J connectivity index is 1.77. The normalized spacial score (nSPS) is 13.7. The smallest absolute Gasteiger partial charge is 0.422 e. The topological polar surface area (TPSA) is 92.1 Å². The number of hydrogen-bond donors (Lipinski definition) is 0. The third-order valence-electron chi connectivity index (χ3n) is 6.15. The minimum absolute atomic E-state index is 0.0306. The highest BCUT2D eigenvalue weighted by molar-refractivity contribution is 5.95. The summed E-state index contributed by atoms with van der Waals surface area (Å²) in [6.07, 6.45) is -4.05. The van der Waals surface area contributed by atoms with Gasteiger partial charge in [-0.3, -0.25) is 4.79 Å². The molecule has 1 aliphatic rings. The van der Waals surface area contributed by atoms with E-state index in [1.807, 2.05) is 13.0 Å². The summed E-state index contributed by atoms with van der Waals surface area (Å²) in [5.41, 5.74) is 2.00. The van der Waals surface area contributed by atoms with Crippen molar-refractivity contribution in [3.05, 3.63) is 53.1 Å². The average Bonchev–Trinajstić information content (AvgIpc) is 3.28. The lowest BCUT2D eigenvalue weighted by atomic mass is 9.98. The van der Waals surface area contributed by atoms with Gasteiger partial charge in [-0.15, -0.1) is 0 Å². The zero-order valence-corrected chi connectivity index (χ0v) is 23.3. The number of hydrogen-bond acceptors (Lipinski definition) is 6. The highest BCUT2D eigenvalue weighted by Crippen LogP contribution is 2.34. The first kappa shape index (κ1) is 30.6. The Labute approximate surface area is 232 Å². The van der Waals surface area contributed by atoms with Crippen molar-refractivity contribution < 1.29 is 37.0 Å². The number of rotatable bonds is 9. The number of amides is 2. The Bertz CT molecular complexity index is 1270. The molecule has 0 radical (unpaired) electrons. The summed E-state index contributed by atoms with van der Waals surface area (Å²) >= 11 is 0. The number of fused-ring (bicyclic) bond motifs is 1. The summed E-state index contributed by atoms with van der Waals surface area (Å²) in [5.74, 6) is -0.0628. The molecule has 2 amide bonds. The van der Waals surface area contributed by atoms with Gasteiger partial charge in [0.15, 0.2) is 18.1 Å². The van der Waals surface area contributed by atoms with E-state index in [4.69, 9.17) is 14.2 Å². The molecule has 0 saturated carbocycles. The van der Waals surface area contributed by atoms with Gasteiger partial charge in [0, 0.05) is 19.5 Å². The second kappa shape index (κ2) is 12.5. The fourth-order valence-corrected chi connectivity index (χ4v) is 4.50. The van der Waals surface area contributed by atoms with Crippen LogP contribution in [0.25, 0.3) is 0 Å². The molecule has 1 heterocycles. The van der Waals surface area contributed by atoms with Gasteiger partial charge in [-0.1, -0.05) is 18.2 Å². The number of benzene rings is 2. The van der Waals surface area contributed by atoms with Gasteiger partial charge in [0.1, 0.15) is 18.3 Å². The Morgan fingerprint density at radius 1 is 1.12 bits per heavy atom. The van der Waals surface area contributed by atoms with Crippen molar-refractivity contribution in [3.8, 4) is 17.6 Å². The largest absolute Gasteiger partial charge is 0.488 e. The van der Waals surface area contributed by atoms with Crippen LogP contribution in [-0.4, -0.2) is 61.0 Å². The van der Waals surface area contributed by atoms with Gasteiger partial charge in [0.2, 0.25) is 5.91 Å². The van der Waals surface area contributed by atoms with Crippen LogP contribution >= 0.6 is 0 Å². The number of alkyl halides is 3. The van der Waals surface area contributed by atoms with Gasteiger partial charge in [-0.25, -0.2) is 4.79 Å². The summed E-state index contributed by atoms with van der Waals surface area (Å²) in [5, 5.41) is 9.75. The van der Waals surface area contributed by atoms with Gasteiger partial charge in [-0.05, 0) is 69.9 Å². The molecule has 216 valence electrons. The highest BCUT2D eigenvalue weighted by Gasteiger charge is 2.30. The van der Waals surface area contributed by atoms with Crippen LogP contribution < -0.4 is 14.4 Å². The number of nitriles is 1. The molecule has 11 heteroatoms. The molecule has 0 saturated heterocycles. The maximum Gasteiger partial charge on any atom is 0.422 e. The van der Waals surface area contributed by atoms with E-state index in [-0.39, 0.29) is 36.6 Å². The molecule has 40 heavy (non-hydrogen) atoms. The van der Waals surface area contributed by atoms with E-state index >= 15 is 0 Å². The van der Waals surface area contributed by atoms with Crippen LogP contribution in [0, 0.1) is 11.3 Å². The van der Waals surface area contributed by atoms with E-state index < -0.39 is 24.5 Å². The Morgan fingerprint density at radius 2 is 1.77 bits per heavy atom. The molecule has 8 nitrogen and oxygen atoms in total. The number of carbonyl (C=O) groups excluding carboxylic acids is 2. The van der Waals surface area contributed by atoms with Crippen molar-refractivity contribution >= 4 is 17.7 Å². The van der Waals surface area contributed by atoms with Crippen LogP contribution in [-0.2, 0) is 22.4 Å². The molecule has 0 aliphatic carbocycles. The highest BCUT2D eigenvalue weighted by atomic mass is 19.4. The number of carbonyl (C=O) groups is 2. The summed E-state index contributed by atoms with van der Waals surface area (Å²) in [6, 6.07) is 11.5. The van der Waals surface area contributed by atoms with E-state index in [9.17, 15) is 28.0 Å². The predicted octanol–water partition coefficient (Wildman–Crippen LogP) is 5.66. The zero-order chi connectivity index (χ0) is 29.7. The van der Waals surface area contributed by atoms with E-state index in [1.54, 1.807) is 37.8 Å². The number of anilines is 1. The molecule has 0 fully saturated rings. The summed E-state index contributed by atoms with van der Waals surface area (Å²) in [7, 11) is 0. The van der Waals surface area contributed by atoms with Crippen molar-refractivity contribution in [2.24, 2.45) is 0 Å². The fraction of sp³-hybridized carbons (Fsp3) is 0.483. The van der Waals surface area contributed by atoms with Gasteiger partial charge in [-0.2, -0.15) is 18.4 Å². The molecule has 2 aromatic rings. The molecular formula is C29H34F3N3O5. The molecule has 1 aliphatic heterocycles. The minimum atomic E-state index is -4.50. The van der Waals surface area contributed by atoms with Crippen LogP contribution in [0.1, 0.15) is 51.3 Å². The van der Waals surface area contributed by atoms with E-state index in [1.165, 1.54) is 30.0 Å². The molecule has 0 bridgehead atoms. The van der Waals surface area contributed by atoms with Crippen LogP contribution in [0.2, 0.25) is 0 Å². The van der Waals surface area contributed by atoms with E-state index in [2.05, 4.69) is 6.07 Å².